The Morgan fingerprint density at radius 3 is 2.67 bits per heavy atom. The van der Waals surface area contributed by atoms with Crippen LogP contribution in [0.3, 0.4) is 0 Å². The largest absolute Gasteiger partial charge is 0.493 e. The highest BCUT2D eigenvalue weighted by atomic mass is 79.9. The molecular weight excluding hydrogens is 336 g/mol. The molecular formula is C15H19BrN2O3. The average molecular weight is 355 g/mol. The van der Waals surface area contributed by atoms with Crippen molar-refractivity contribution >= 4 is 28.1 Å². The SMILES string of the molecule is CCOc1cc(C(=O)N2CCN(CC=O)CC2)ccc1Br. The van der Waals surface area contributed by atoms with Crippen LogP contribution in [0.15, 0.2) is 22.7 Å². The fourth-order valence-corrected chi connectivity index (χ4v) is 2.69. The summed E-state index contributed by atoms with van der Waals surface area (Å²) in [4.78, 5) is 26.9. The van der Waals surface area contributed by atoms with Gasteiger partial charge >= 0.3 is 0 Å². The van der Waals surface area contributed by atoms with Crippen LogP contribution in [-0.2, 0) is 4.79 Å². The van der Waals surface area contributed by atoms with Crippen LogP contribution < -0.4 is 4.74 Å². The number of ether oxygens (including phenoxy) is 1. The zero-order valence-corrected chi connectivity index (χ0v) is 13.6. The van der Waals surface area contributed by atoms with E-state index in [1.165, 1.54) is 0 Å². The summed E-state index contributed by atoms with van der Waals surface area (Å²) in [5.74, 6) is 0.692. The molecule has 6 heteroatoms. The third kappa shape index (κ3) is 4.04. The van der Waals surface area contributed by atoms with Gasteiger partial charge in [0.1, 0.15) is 12.0 Å². The van der Waals surface area contributed by atoms with E-state index in [0.717, 1.165) is 23.8 Å². The maximum atomic E-state index is 12.5. The van der Waals surface area contributed by atoms with Crippen molar-refractivity contribution in [2.45, 2.75) is 6.92 Å². The zero-order valence-electron chi connectivity index (χ0n) is 12.0. The van der Waals surface area contributed by atoms with E-state index in [-0.39, 0.29) is 5.91 Å². The molecule has 0 N–H and O–H groups in total. The van der Waals surface area contributed by atoms with E-state index < -0.39 is 0 Å². The van der Waals surface area contributed by atoms with Crippen LogP contribution in [0.25, 0.3) is 0 Å². The van der Waals surface area contributed by atoms with Gasteiger partial charge in [-0.25, -0.2) is 0 Å². The topological polar surface area (TPSA) is 49.9 Å². The molecule has 0 radical (unpaired) electrons. The van der Waals surface area contributed by atoms with E-state index >= 15 is 0 Å². The number of rotatable bonds is 5. The molecule has 1 amide bonds. The lowest BCUT2D eigenvalue weighted by Crippen LogP contribution is -2.49. The van der Waals surface area contributed by atoms with Crippen LogP contribution in [0.2, 0.25) is 0 Å². The smallest absolute Gasteiger partial charge is 0.254 e. The number of aldehydes is 1. The molecule has 0 saturated carbocycles. The predicted molar refractivity (Wildman–Crippen MR) is 83.7 cm³/mol. The molecule has 0 aromatic heterocycles. The van der Waals surface area contributed by atoms with Gasteiger partial charge in [0.05, 0.1) is 17.6 Å². The van der Waals surface area contributed by atoms with Crippen molar-refractivity contribution in [3.05, 3.63) is 28.2 Å². The second kappa shape index (κ2) is 7.56. The molecule has 0 unspecified atom stereocenters. The van der Waals surface area contributed by atoms with E-state index in [1.54, 1.807) is 12.1 Å². The number of benzene rings is 1. The first-order valence-electron chi connectivity index (χ1n) is 7.03. The second-order valence-electron chi connectivity index (χ2n) is 4.84. The molecule has 1 aliphatic rings. The fraction of sp³-hybridized carbons (Fsp3) is 0.467. The molecule has 1 aromatic carbocycles. The van der Waals surface area contributed by atoms with Crippen molar-refractivity contribution in [1.29, 1.82) is 0 Å². The van der Waals surface area contributed by atoms with Gasteiger partial charge in [-0.05, 0) is 41.1 Å². The van der Waals surface area contributed by atoms with E-state index in [2.05, 4.69) is 15.9 Å². The van der Waals surface area contributed by atoms with Crippen molar-refractivity contribution in [2.75, 3.05) is 39.3 Å². The van der Waals surface area contributed by atoms with E-state index in [1.807, 2.05) is 22.8 Å². The number of amides is 1. The minimum Gasteiger partial charge on any atom is -0.493 e. The van der Waals surface area contributed by atoms with E-state index in [4.69, 9.17) is 4.74 Å². The van der Waals surface area contributed by atoms with Gasteiger partial charge in [-0.3, -0.25) is 9.69 Å². The number of carbonyl (C=O) groups is 2. The lowest BCUT2D eigenvalue weighted by Gasteiger charge is -2.33. The highest BCUT2D eigenvalue weighted by molar-refractivity contribution is 9.10. The summed E-state index contributed by atoms with van der Waals surface area (Å²) < 4.78 is 6.34. The fourth-order valence-electron chi connectivity index (χ4n) is 2.32. The highest BCUT2D eigenvalue weighted by Gasteiger charge is 2.22. The maximum absolute atomic E-state index is 12.5. The van der Waals surface area contributed by atoms with Gasteiger partial charge in [0, 0.05) is 31.7 Å². The van der Waals surface area contributed by atoms with Crippen LogP contribution in [0, 0.1) is 0 Å². The first-order valence-corrected chi connectivity index (χ1v) is 7.82. The summed E-state index contributed by atoms with van der Waals surface area (Å²) in [5, 5.41) is 0. The van der Waals surface area contributed by atoms with Crippen molar-refractivity contribution in [1.82, 2.24) is 9.80 Å². The van der Waals surface area contributed by atoms with Crippen LogP contribution in [0.1, 0.15) is 17.3 Å². The summed E-state index contributed by atoms with van der Waals surface area (Å²) in [7, 11) is 0. The summed E-state index contributed by atoms with van der Waals surface area (Å²) in [6.07, 6.45) is 0.903. The molecule has 0 atom stereocenters. The Kier molecular flexibility index (Phi) is 5.76. The Morgan fingerprint density at radius 2 is 2.05 bits per heavy atom. The van der Waals surface area contributed by atoms with E-state index in [0.29, 0.717) is 37.6 Å². The number of carbonyl (C=O) groups excluding carboxylic acids is 2. The first-order chi connectivity index (χ1) is 10.2. The average Bonchev–Trinajstić information content (AvgIpc) is 2.50. The Morgan fingerprint density at radius 1 is 1.33 bits per heavy atom. The van der Waals surface area contributed by atoms with Crippen LogP contribution in [0.4, 0.5) is 0 Å². The summed E-state index contributed by atoms with van der Waals surface area (Å²) in [6.45, 7) is 5.67. The van der Waals surface area contributed by atoms with Gasteiger partial charge in [0.25, 0.3) is 5.91 Å². The van der Waals surface area contributed by atoms with Crippen molar-refractivity contribution in [3.63, 3.8) is 0 Å². The van der Waals surface area contributed by atoms with Gasteiger partial charge in [-0.2, -0.15) is 0 Å². The Labute approximate surface area is 133 Å². The molecule has 1 fully saturated rings. The molecule has 1 saturated heterocycles. The third-order valence-corrected chi connectivity index (χ3v) is 4.13. The molecule has 5 nitrogen and oxygen atoms in total. The molecule has 114 valence electrons. The van der Waals surface area contributed by atoms with Gasteiger partial charge in [-0.1, -0.05) is 0 Å². The van der Waals surface area contributed by atoms with Crippen molar-refractivity contribution in [3.8, 4) is 5.75 Å². The Balaban J connectivity index is 2.03. The van der Waals surface area contributed by atoms with Crippen LogP contribution in [-0.4, -0.2) is 61.3 Å². The van der Waals surface area contributed by atoms with Gasteiger partial charge in [-0.15, -0.1) is 0 Å². The Bertz CT molecular complexity index is 514. The summed E-state index contributed by atoms with van der Waals surface area (Å²) in [5.41, 5.74) is 0.630. The molecule has 1 aromatic rings. The number of halogens is 1. The number of hydrogen-bond acceptors (Lipinski definition) is 4. The number of nitrogens with zero attached hydrogens (tertiary/aromatic N) is 2. The summed E-state index contributed by atoms with van der Waals surface area (Å²) in [6, 6.07) is 5.40. The van der Waals surface area contributed by atoms with Gasteiger partial charge in [0.15, 0.2) is 0 Å². The molecule has 1 heterocycles. The molecule has 2 rings (SSSR count). The minimum atomic E-state index is 0.00852. The number of hydrogen-bond donors (Lipinski definition) is 0. The third-order valence-electron chi connectivity index (χ3n) is 3.47. The van der Waals surface area contributed by atoms with Crippen molar-refractivity contribution in [2.24, 2.45) is 0 Å². The van der Waals surface area contributed by atoms with E-state index in [9.17, 15) is 9.59 Å². The normalized spacial score (nSPS) is 15.8. The lowest BCUT2D eigenvalue weighted by atomic mass is 10.1. The molecule has 0 aliphatic carbocycles. The second-order valence-corrected chi connectivity index (χ2v) is 5.69. The maximum Gasteiger partial charge on any atom is 0.254 e. The van der Waals surface area contributed by atoms with Crippen LogP contribution >= 0.6 is 15.9 Å². The number of piperazine rings is 1. The van der Waals surface area contributed by atoms with Gasteiger partial charge in [0.2, 0.25) is 0 Å². The highest BCUT2D eigenvalue weighted by Crippen LogP contribution is 2.26. The minimum absolute atomic E-state index is 0.00852. The van der Waals surface area contributed by atoms with Crippen molar-refractivity contribution < 1.29 is 14.3 Å². The summed E-state index contributed by atoms with van der Waals surface area (Å²) >= 11 is 3.41. The standard InChI is InChI=1S/C15H19BrN2O3/c1-2-21-14-11-12(3-4-13(14)16)15(20)18-7-5-17(6-8-18)9-10-19/h3-4,10-11H,2,5-9H2,1H3. The predicted octanol–water partition coefficient (Wildman–Crippen LogP) is 1.80. The molecule has 0 bridgehead atoms. The monoisotopic (exact) mass is 354 g/mol. The molecule has 1 aliphatic heterocycles. The lowest BCUT2D eigenvalue weighted by molar-refractivity contribution is -0.109. The van der Waals surface area contributed by atoms with Gasteiger partial charge < -0.3 is 14.4 Å². The quantitative estimate of drug-likeness (QED) is 0.756. The Hall–Kier alpha value is -1.40. The zero-order chi connectivity index (χ0) is 15.2. The van der Waals surface area contributed by atoms with Crippen LogP contribution in [0.5, 0.6) is 5.75 Å². The first kappa shape index (κ1) is 16.0. The molecule has 21 heavy (non-hydrogen) atoms. The molecule has 0 spiro atoms.